The molecule has 4 nitrogen and oxygen atoms in total. The zero-order valence-corrected chi connectivity index (χ0v) is 13.3. The van der Waals surface area contributed by atoms with E-state index >= 15 is 0 Å². The van der Waals surface area contributed by atoms with E-state index in [0.717, 1.165) is 17.9 Å². The van der Waals surface area contributed by atoms with Crippen LogP contribution in [0.3, 0.4) is 0 Å². The van der Waals surface area contributed by atoms with Crippen LogP contribution in [-0.4, -0.2) is 11.5 Å². The lowest BCUT2D eigenvalue weighted by Crippen LogP contribution is -2.08. The Bertz CT molecular complexity index is 684. The van der Waals surface area contributed by atoms with E-state index in [-0.39, 0.29) is 0 Å². The van der Waals surface area contributed by atoms with Crippen LogP contribution in [-0.2, 0) is 0 Å². The number of aromatic nitrogens is 1. The first-order valence-electron chi connectivity index (χ1n) is 7.28. The van der Waals surface area contributed by atoms with Gasteiger partial charge in [0.15, 0.2) is 0 Å². The third kappa shape index (κ3) is 3.95. The summed E-state index contributed by atoms with van der Waals surface area (Å²) in [5.41, 5.74) is 11.2. The molecule has 2 aromatic rings. The van der Waals surface area contributed by atoms with Gasteiger partial charge >= 0.3 is 0 Å². The summed E-state index contributed by atoms with van der Waals surface area (Å²) in [5.74, 6) is 1.09. The van der Waals surface area contributed by atoms with E-state index in [1.54, 1.807) is 12.5 Å². The van der Waals surface area contributed by atoms with Crippen LogP contribution in [0.5, 0.6) is 0 Å². The highest BCUT2D eigenvalue weighted by Gasteiger charge is 2.14. The summed E-state index contributed by atoms with van der Waals surface area (Å²) in [6.07, 6.45) is 13.0. The minimum Gasteiger partial charge on any atom is -0.472 e. The topological polar surface area (TPSA) is 67.0 Å². The second-order valence-corrected chi connectivity index (χ2v) is 5.48. The van der Waals surface area contributed by atoms with Gasteiger partial charge in [0.25, 0.3) is 0 Å². The molecule has 0 saturated heterocycles. The van der Waals surface area contributed by atoms with Crippen molar-refractivity contribution in [1.29, 1.82) is 0 Å². The molecule has 4 N–H and O–H groups in total. The average Bonchev–Trinajstić information content (AvgIpc) is 3.13. The van der Waals surface area contributed by atoms with Crippen molar-refractivity contribution in [2.24, 2.45) is 5.73 Å². The lowest BCUT2D eigenvalue weighted by atomic mass is 10.0. The van der Waals surface area contributed by atoms with Gasteiger partial charge in [-0.1, -0.05) is 17.2 Å². The van der Waals surface area contributed by atoms with Crippen molar-refractivity contribution < 1.29 is 4.42 Å². The summed E-state index contributed by atoms with van der Waals surface area (Å²) in [5, 5.41) is 3.34. The number of fused-ring (bicyclic) bond motifs is 1. The molecule has 0 fully saturated rings. The summed E-state index contributed by atoms with van der Waals surface area (Å²) >= 11 is 0. The third-order valence-corrected chi connectivity index (χ3v) is 3.23. The van der Waals surface area contributed by atoms with E-state index < -0.39 is 0 Å². The van der Waals surface area contributed by atoms with Crippen LogP contribution in [0.2, 0.25) is 0 Å². The molecular formula is C18H23N3O. The number of nitrogens with one attached hydrogen (secondary N) is 2. The maximum Gasteiger partial charge on any atom is 0.111 e. The van der Waals surface area contributed by atoms with Gasteiger partial charge in [-0.15, -0.1) is 0 Å². The second-order valence-electron chi connectivity index (χ2n) is 5.48. The molecule has 0 aliphatic carbocycles. The highest BCUT2D eigenvalue weighted by Crippen LogP contribution is 2.33. The molecule has 0 saturated carbocycles. The molecule has 3 rings (SSSR count). The monoisotopic (exact) mass is 297 g/mol. The minimum absolute atomic E-state index is 0.915. The summed E-state index contributed by atoms with van der Waals surface area (Å²) in [6.45, 7) is 7.10. The van der Waals surface area contributed by atoms with Crippen molar-refractivity contribution in [1.82, 2.24) is 4.98 Å². The quantitative estimate of drug-likeness (QED) is 0.713. The predicted octanol–water partition coefficient (Wildman–Crippen LogP) is 4.53. The number of furan rings is 1. The molecule has 22 heavy (non-hydrogen) atoms. The first kappa shape index (κ1) is 15.8. The number of hydrogen-bond donors (Lipinski definition) is 3. The van der Waals surface area contributed by atoms with Crippen LogP contribution in [0.25, 0.3) is 17.2 Å². The Morgan fingerprint density at radius 1 is 1.36 bits per heavy atom. The van der Waals surface area contributed by atoms with E-state index in [1.165, 1.54) is 28.5 Å². The number of H-pyrrole nitrogens is 1. The third-order valence-electron chi connectivity index (χ3n) is 3.23. The van der Waals surface area contributed by atoms with Crippen molar-refractivity contribution in [3.05, 3.63) is 59.9 Å². The van der Waals surface area contributed by atoms with Crippen LogP contribution in [0.15, 0.2) is 58.7 Å². The fourth-order valence-corrected chi connectivity index (χ4v) is 2.16. The molecule has 0 bridgehead atoms. The van der Waals surface area contributed by atoms with Gasteiger partial charge in [0.05, 0.1) is 12.5 Å². The van der Waals surface area contributed by atoms with E-state index in [0.29, 0.717) is 0 Å². The van der Waals surface area contributed by atoms with Crippen molar-refractivity contribution in [3.63, 3.8) is 0 Å². The van der Waals surface area contributed by atoms with Gasteiger partial charge in [-0.2, -0.15) is 0 Å². The number of allylic oxidation sites excluding steroid dienone is 3. The summed E-state index contributed by atoms with van der Waals surface area (Å²) in [4.78, 5) is 3.24. The van der Waals surface area contributed by atoms with Crippen molar-refractivity contribution in [2.75, 3.05) is 11.9 Å². The molecular weight excluding hydrogens is 274 g/mol. The van der Waals surface area contributed by atoms with Crippen molar-refractivity contribution in [3.8, 4) is 11.1 Å². The van der Waals surface area contributed by atoms with Gasteiger partial charge in [-0.3, -0.25) is 0 Å². The molecule has 1 aliphatic rings. The molecule has 3 heterocycles. The minimum atomic E-state index is 0.915. The Balaban J connectivity index is 0.000000217. The van der Waals surface area contributed by atoms with E-state index in [1.807, 2.05) is 38.3 Å². The molecule has 116 valence electrons. The summed E-state index contributed by atoms with van der Waals surface area (Å²) < 4.78 is 5.10. The van der Waals surface area contributed by atoms with E-state index in [4.69, 9.17) is 10.2 Å². The predicted molar refractivity (Wildman–Crippen MR) is 93.4 cm³/mol. The SMILES string of the molecule is CC(C)=C/C=C\N.CC1=Cc2c(-c3ccoc3)c[nH]c2NC1. The van der Waals surface area contributed by atoms with Crippen molar-refractivity contribution >= 4 is 11.9 Å². The first-order chi connectivity index (χ1) is 10.6. The maximum atomic E-state index is 5.10. The highest BCUT2D eigenvalue weighted by molar-refractivity contribution is 5.84. The van der Waals surface area contributed by atoms with E-state index in [2.05, 4.69) is 23.3 Å². The molecule has 1 aliphatic heterocycles. The summed E-state index contributed by atoms with van der Waals surface area (Å²) in [7, 11) is 0. The average molecular weight is 297 g/mol. The van der Waals surface area contributed by atoms with Crippen LogP contribution in [0.1, 0.15) is 26.3 Å². The molecule has 4 heteroatoms. The fourth-order valence-electron chi connectivity index (χ4n) is 2.16. The van der Waals surface area contributed by atoms with Crippen LogP contribution in [0, 0.1) is 0 Å². The zero-order valence-electron chi connectivity index (χ0n) is 13.3. The Labute approximate surface area is 131 Å². The largest absolute Gasteiger partial charge is 0.472 e. The number of aromatic amines is 1. The molecule has 0 radical (unpaired) electrons. The molecule has 2 aromatic heterocycles. The fraction of sp³-hybridized carbons (Fsp3) is 0.222. The lowest BCUT2D eigenvalue weighted by molar-refractivity contribution is 0.568. The van der Waals surface area contributed by atoms with Gasteiger partial charge in [-0.05, 0) is 45.2 Å². The number of nitrogens with two attached hydrogens (primary N) is 1. The number of anilines is 1. The first-order valence-corrected chi connectivity index (χ1v) is 7.28. The Morgan fingerprint density at radius 2 is 2.18 bits per heavy atom. The number of rotatable bonds is 2. The van der Waals surface area contributed by atoms with Crippen molar-refractivity contribution in [2.45, 2.75) is 20.8 Å². The molecule has 0 atom stereocenters. The highest BCUT2D eigenvalue weighted by atomic mass is 16.3. The number of hydrogen-bond acceptors (Lipinski definition) is 3. The van der Waals surface area contributed by atoms with Gasteiger partial charge in [0.1, 0.15) is 5.82 Å². The molecule has 0 unspecified atom stereocenters. The van der Waals surface area contributed by atoms with Crippen LogP contribution < -0.4 is 11.1 Å². The Hall–Kier alpha value is -2.62. The standard InChI is InChI=1S/C12H12N2O.C6H11N/c1-8-4-10-11(9-2-3-15-7-9)6-14-12(10)13-5-8;1-6(2)4-3-5-7/h2-4,6-7,13-14H,5H2,1H3;3-5H,7H2,1-2H3/b;5-3-. The maximum absolute atomic E-state index is 5.10. The van der Waals surface area contributed by atoms with Gasteiger partial charge in [0.2, 0.25) is 0 Å². The Kier molecular flexibility index (Phi) is 5.31. The second kappa shape index (κ2) is 7.41. The molecule has 0 amide bonds. The van der Waals surface area contributed by atoms with Gasteiger partial charge in [-0.25, -0.2) is 0 Å². The summed E-state index contributed by atoms with van der Waals surface area (Å²) in [6, 6.07) is 1.97. The van der Waals surface area contributed by atoms with Gasteiger partial charge in [0, 0.05) is 29.4 Å². The molecule has 0 spiro atoms. The smallest absolute Gasteiger partial charge is 0.111 e. The van der Waals surface area contributed by atoms with Crippen LogP contribution >= 0.6 is 0 Å². The van der Waals surface area contributed by atoms with E-state index in [9.17, 15) is 0 Å². The van der Waals surface area contributed by atoms with Crippen LogP contribution in [0.4, 0.5) is 5.82 Å². The zero-order chi connectivity index (χ0) is 15.9. The normalized spacial score (nSPS) is 12.8. The lowest BCUT2D eigenvalue weighted by Gasteiger charge is -2.13. The Morgan fingerprint density at radius 3 is 2.77 bits per heavy atom. The van der Waals surface area contributed by atoms with Gasteiger partial charge < -0.3 is 20.5 Å². The molecule has 0 aromatic carbocycles.